The number of carbonyl (C=O) groups excluding carboxylic acids is 2. The van der Waals surface area contributed by atoms with Gasteiger partial charge in [0.25, 0.3) is 0 Å². The minimum atomic E-state index is -0.334. The lowest BCUT2D eigenvalue weighted by Crippen LogP contribution is -2.48. The molecule has 2 aromatic carbocycles. The number of fused-ring (bicyclic) bond motifs is 1. The Balaban J connectivity index is 1.15. The van der Waals surface area contributed by atoms with Crippen LogP contribution in [0.15, 0.2) is 59.1 Å². The maximum atomic E-state index is 12.1. The van der Waals surface area contributed by atoms with Crippen molar-refractivity contribution in [1.29, 1.82) is 0 Å². The molecule has 156 valence electrons. The lowest BCUT2D eigenvalue weighted by atomic mass is 10.2. The summed E-state index contributed by atoms with van der Waals surface area (Å²) in [6.07, 6.45) is 0.372. The first kappa shape index (κ1) is 19.9. The Morgan fingerprint density at radius 2 is 1.60 bits per heavy atom. The third kappa shape index (κ3) is 4.96. The van der Waals surface area contributed by atoms with Gasteiger partial charge < -0.3 is 9.42 Å². The molecular formula is C22H25N5O3. The van der Waals surface area contributed by atoms with Crippen molar-refractivity contribution in [1.82, 2.24) is 20.9 Å². The van der Waals surface area contributed by atoms with Crippen LogP contribution >= 0.6 is 0 Å². The molecule has 2 N–H and O–H groups in total. The summed E-state index contributed by atoms with van der Waals surface area (Å²) < 4.78 is 5.19. The molecule has 0 radical (unpaired) electrons. The van der Waals surface area contributed by atoms with Crippen molar-refractivity contribution in [2.45, 2.75) is 12.8 Å². The minimum absolute atomic E-state index is 0.0404. The van der Waals surface area contributed by atoms with Crippen LogP contribution in [0, 0.1) is 0 Å². The molecule has 0 atom stereocenters. The number of nitrogens with one attached hydrogen (secondary N) is 2. The van der Waals surface area contributed by atoms with Crippen LogP contribution in [0.4, 0.5) is 5.69 Å². The number of nitrogens with zero attached hydrogens (tertiary/aromatic N) is 3. The highest BCUT2D eigenvalue weighted by Crippen LogP contribution is 2.18. The van der Waals surface area contributed by atoms with Crippen LogP contribution < -0.4 is 15.8 Å². The maximum absolute atomic E-state index is 12.1. The van der Waals surface area contributed by atoms with Crippen LogP contribution in [0.5, 0.6) is 0 Å². The summed E-state index contributed by atoms with van der Waals surface area (Å²) in [5.74, 6) is -0.544. The predicted molar refractivity (Wildman–Crippen MR) is 114 cm³/mol. The van der Waals surface area contributed by atoms with E-state index in [1.165, 1.54) is 5.69 Å². The van der Waals surface area contributed by atoms with Crippen LogP contribution in [0.1, 0.15) is 12.1 Å². The Hall–Kier alpha value is -3.39. The van der Waals surface area contributed by atoms with Gasteiger partial charge in [-0.15, -0.1) is 0 Å². The van der Waals surface area contributed by atoms with Gasteiger partial charge in [-0.1, -0.05) is 35.5 Å². The fraction of sp³-hybridized carbons (Fsp3) is 0.318. The first-order chi connectivity index (χ1) is 14.7. The quantitative estimate of drug-likeness (QED) is 0.605. The number of piperazine rings is 1. The van der Waals surface area contributed by atoms with Crippen LogP contribution in [0.3, 0.4) is 0 Å². The monoisotopic (exact) mass is 407 g/mol. The van der Waals surface area contributed by atoms with E-state index < -0.39 is 0 Å². The molecule has 1 fully saturated rings. The molecule has 0 bridgehead atoms. The molecule has 8 heteroatoms. The zero-order chi connectivity index (χ0) is 20.8. The topological polar surface area (TPSA) is 90.7 Å². The second-order valence-electron chi connectivity index (χ2n) is 7.31. The second kappa shape index (κ2) is 9.41. The van der Waals surface area contributed by atoms with Crippen molar-refractivity contribution in [2.24, 2.45) is 0 Å². The van der Waals surface area contributed by atoms with E-state index in [9.17, 15) is 9.59 Å². The van der Waals surface area contributed by atoms with Crippen LogP contribution in [0.25, 0.3) is 11.0 Å². The summed E-state index contributed by atoms with van der Waals surface area (Å²) in [6, 6.07) is 17.7. The third-order valence-electron chi connectivity index (χ3n) is 5.27. The number of para-hydroxylation sites is 2. The van der Waals surface area contributed by atoms with E-state index >= 15 is 0 Å². The second-order valence-corrected chi connectivity index (χ2v) is 7.31. The minimum Gasteiger partial charge on any atom is -0.369 e. The number of aromatic nitrogens is 1. The summed E-state index contributed by atoms with van der Waals surface area (Å²) >= 11 is 0. The summed E-state index contributed by atoms with van der Waals surface area (Å²) in [6.45, 7) is 4.36. The number of hydrazine groups is 1. The Kier molecular flexibility index (Phi) is 6.24. The number of amides is 2. The van der Waals surface area contributed by atoms with Crippen molar-refractivity contribution in [3.05, 3.63) is 60.3 Å². The van der Waals surface area contributed by atoms with Crippen LogP contribution in [0.2, 0.25) is 0 Å². The van der Waals surface area contributed by atoms with Gasteiger partial charge in [-0.05, 0) is 24.3 Å². The molecule has 1 aromatic heterocycles. The largest absolute Gasteiger partial charge is 0.369 e. The number of benzene rings is 2. The van der Waals surface area contributed by atoms with Crippen molar-refractivity contribution < 1.29 is 14.1 Å². The van der Waals surface area contributed by atoms with Gasteiger partial charge in [-0.25, -0.2) is 0 Å². The molecule has 0 aliphatic carbocycles. The highest BCUT2D eigenvalue weighted by atomic mass is 16.5. The predicted octanol–water partition coefficient (Wildman–Crippen LogP) is 1.73. The van der Waals surface area contributed by atoms with Gasteiger partial charge in [0, 0.05) is 50.2 Å². The molecule has 1 aliphatic rings. The van der Waals surface area contributed by atoms with Gasteiger partial charge in [-0.3, -0.25) is 25.3 Å². The van der Waals surface area contributed by atoms with E-state index in [0.29, 0.717) is 24.2 Å². The summed E-state index contributed by atoms with van der Waals surface area (Å²) in [5.41, 5.74) is 7.36. The molecule has 30 heavy (non-hydrogen) atoms. The molecule has 8 nitrogen and oxygen atoms in total. The molecule has 3 aromatic rings. The zero-order valence-electron chi connectivity index (χ0n) is 16.7. The fourth-order valence-electron chi connectivity index (χ4n) is 3.59. The van der Waals surface area contributed by atoms with E-state index in [1.54, 1.807) is 6.07 Å². The average Bonchev–Trinajstić information content (AvgIpc) is 3.20. The van der Waals surface area contributed by atoms with Gasteiger partial charge in [0.2, 0.25) is 11.8 Å². The fourth-order valence-corrected chi connectivity index (χ4v) is 3.59. The summed E-state index contributed by atoms with van der Waals surface area (Å²) in [4.78, 5) is 28.8. The SMILES string of the molecule is O=C(CCN1CCN(c2ccccc2)CC1)NNC(=O)Cc1noc2ccccc12. The number of anilines is 1. The molecule has 2 amide bonds. The highest BCUT2D eigenvalue weighted by Gasteiger charge is 2.18. The van der Waals surface area contributed by atoms with Gasteiger partial charge in [0.1, 0.15) is 5.69 Å². The summed E-state index contributed by atoms with van der Waals surface area (Å²) in [7, 11) is 0. The van der Waals surface area contributed by atoms with Crippen molar-refractivity contribution >= 4 is 28.5 Å². The van der Waals surface area contributed by atoms with E-state index in [-0.39, 0.29) is 18.2 Å². The molecule has 0 spiro atoms. The molecule has 0 saturated carbocycles. The van der Waals surface area contributed by atoms with E-state index in [2.05, 4.69) is 37.9 Å². The van der Waals surface area contributed by atoms with Crippen LogP contribution in [-0.2, 0) is 16.0 Å². The molecule has 1 aliphatic heterocycles. The van der Waals surface area contributed by atoms with Crippen LogP contribution in [-0.4, -0.2) is 54.6 Å². The maximum Gasteiger partial charge on any atom is 0.244 e. The van der Waals surface area contributed by atoms with Crippen molar-refractivity contribution in [2.75, 3.05) is 37.6 Å². The Bertz CT molecular complexity index is 996. The average molecular weight is 407 g/mol. The molecule has 4 rings (SSSR count). The van der Waals surface area contributed by atoms with E-state index in [4.69, 9.17) is 4.52 Å². The first-order valence-corrected chi connectivity index (χ1v) is 10.1. The van der Waals surface area contributed by atoms with Gasteiger partial charge in [0.05, 0.1) is 6.42 Å². The first-order valence-electron chi connectivity index (χ1n) is 10.1. The van der Waals surface area contributed by atoms with E-state index in [0.717, 1.165) is 31.6 Å². The Morgan fingerprint density at radius 3 is 2.40 bits per heavy atom. The van der Waals surface area contributed by atoms with Gasteiger partial charge >= 0.3 is 0 Å². The zero-order valence-corrected chi connectivity index (χ0v) is 16.7. The highest BCUT2D eigenvalue weighted by molar-refractivity contribution is 5.87. The third-order valence-corrected chi connectivity index (χ3v) is 5.27. The van der Waals surface area contributed by atoms with Crippen molar-refractivity contribution in [3.8, 4) is 0 Å². The lowest BCUT2D eigenvalue weighted by Gasteiger charge is -2.36. The van der Waals surface area contributed by atoms with E-state index in [1.807, 2.05) is 36.4 Å². The Morgan fingerprint density at radius 1 is 0.900 bits per heavy atom. The number of hydrogen-bond acceptors (Lipinski definition) is 6. The normalized spacial score (nSPS) is 14.6. The molecule has 0 unspecified atom stereocenters. The van der Waals surface area contributed by atoms with Crippen molar-refractivity contribution in [3.63, 3.8) is 0 Å². The standard InChI is InChI=1S/C22H25N5O3/c28-21(10-11-26-12-14-27(15-13-26)17-6-2-1-3-7-17)23-24-22(29)16-19-18-8-4-5-9-20(18)30-25-19/h1-9H,10-16H2,(H,23,28)(H,24,29). The number of rotatable bonds is 6. The molecule has 1 saturated heterocycles. The smallest absolute Gasteiger partial charge is 0.244 e. The lowest BCUT2D eigenvalue weighted by molar-refractivity contribution is -0.128. The molecule has 2 heterocycles. The number of hydrogen-bond donors (Lipinski definition) is 2. The molecular weight excluding hydrogens is 382 g/mol. The van der Waals surface area contributed by atoms with Gasteiger partial charge in [-0.2, -0.15) is 0 Å². The summed E-state index contributed by atoms with van der Waals surface area (Å²) in [5, 5.41) is 4.73. The Labute approximate surface area is 174 Å². The van der Waals surface area contributed by atoms with Gasteiger partial charge in [0.15, 0.2) is 5.58 Å². The number of carbonyl (C=O) groups is 2.